The first kappa shape index (κ1) is 19.2. The number of nitro benzene ring substituents is 1. The van der Waals surface area contributed by atoms with Crippen molar-refractivity contribution >= 4 is 11.6 Å². The lowest BCUT2D eigenvalue weighted by Crippen LogP contribution is -2.54. The molecule has 1 N–H and O–H groups in total. The van der Waals surface area contributed by atoms with Crippen LogP contribution in [0, 0.1) is 10.1 Å². The van der Waals surface area contributed by atoms with E-state index in [0.29, 0.717) is 17.1 Å². The number of benzene rings is 1. The second kappa shape index (κ2) is 6.23. The van der Waals surface area contributed by atoms with Gasteiger partial charge in [0.25, 0.3) is 11.6 Å². The zero-order chi connectivity index (χ0) is 20.1. The first-order chi connectivity index (χ1) is 12.4. The van der Waals surface area contributed by atoms with Crippen LogP contribution >= 0.6 is 0 Å². The molecule has 2 atom stereocenters. The molecule has 0 radical (unpaired) electrons. The van der Waals surface area contributed by atoms with Crippen LogP contribution in [0.2, 0.25) is 0 Å². The first-order valence-corrected chi connectivity index (χ1v) is 8.75. The number of carbonyl (C=O) groups is 1. The van der Waals surface area contributed by atoms with Crippen molar-refractivity contribution < 1.29 is 24.3 Å². The topological polar surface area (TPSA) is 102 Å². The number of nitro groups is 1. The number of hydrogen-bond donors (Lipinski definition) is 1. The fourth-order valence-corrected chi connectivity index (χ4v) is 3.41. The Morgan fingerprint density at radius 3 is 2.63 bits per heavy atom. The molecule has 0 fully saturated rings. The molecule has 0 spiro atoms. The smallest absolute Gasteiger partial charge is 0.270 e. The molecule has 8 nitrogen and oxygen atoms in total. The Morgan fingerprint density at radius 1 is 1.37 bits per heavy atom. The summed E-state index contributed by atoms with van der Waals surface area (Å²) in [6.45, 7) is 9.26. The van der Waals surface area contributed by atoms with E-state index in [1.807, 2.05) is 20.8 Å². The molecular formula is C19H24N2O6. The summed E-state index contributed by atoms with van der Waals surface area (Å²) in [5, 5.41) is 22.1. The number of hydrogen-bond acceptors (Lipinski definition) is 6. The molecule has 0 saturated heterocycles. The summed E-state index contributed by atoms with van der Waals surface area (Å²) < 4.78 is 11.6. The van der Waals surface area contributed by atoms with Gasteiger partial charge in [0.2, 0.25) is 0 Å². The number of aliphatic hydroxyl groups excluding tert-OH is 1. The molecule has 2 heterocycles. The predicted octanol–water partition coefficient (Wildman–Crippen LogP) is 2.71. The molecule has 0 bridgehead atoms. The highest BCUT2D eigenvalue weighted by Gasteiger charge is 2.48. The summed E-state index contributed by atoms with van der Waals surface area (Å²) in [6, 6.07) is 3.43. The van der Waals surface area contributed by atoms with Gasteiger partial charge in [0, 0.05) is 23.8 Å². The maximum atomic E-state index is 12.6. The van der Waals surface area contributed by atoms with Crippen molar-refractivity contribution in [3.63, 3.8) is 0 Å². The van der Waals surface area contributed by atoms with Gasteiger partial charge in [-0.1, -0.05) is 0 Å². The number of carbonyl (C=O) groups excluding carboxylic acids is 1. The molecule has 0 aliphatic carbocycles. The Kier molecular flexibility index (Phi) is 4.42. The third kappa shape index (κ3) is 3.62. The minimum absolute atomic E-state index is 0.125. The van der Waals surface area contributed by atoms with Crippen LogP contribution in [0.4, 0.5) is 5.69 Å². The summed E-state index contributed by atoms with van der Waals surface area (Å²) in [6.07, 6.45) is 0.329. The van der Waals surface area contributed by atoms with Gasteiger partial charge in [0.1, 0.15) is 28.8 Å². The molecule has 0 saturated carbocycles. The highest BCUT2D eigenvalue weighted by molar-refractivity contribution is 5.91. The number of aliphatic hydroxyl groups is 1. The van der Waals surface area contributed by atoms with Gasteiger partial charge in [-0.15, -0.1) is 0 Å². The number of nitrogens with zero attached hydrogens (tertiary/aromatic N) is 2. The molecule has 27 heavy (non-hydrogen) atoms. The van der Waals surface area contributed by atoms with E-state index in [1.165, 1.54) is 29.2 Å². The molecule has 2 aliphatic heterocycles. The van der Waals surface area contributed by atoms with E-state index in [1.54, 1.807) is 13.8 Å². The maximum absolute atomic E-state index is 12.6. The molecule has 0 aromatic heterocycles. The molecule has 3 rings (SSSR count). The standard InChI is InChI=1S/C19H24N2O6/c1-18(2,3)26-12-9-15(22)20(10-12)16-13-8-11(21(24)25)6-7-14(13)27-19(4,5)17(16)23/h6-9,16-17,23H,10H2,1-5H3/t16-,17+/m1/s1. The Morgan fingerprint density at radius 2 is 2.04 bits per heavy atom. The van der Waals surface area contributed by atoms with Gasteiger partial charge < -0.3 is 19.5 Å². The summed E-state index contributed by atoms with van der Waals surface area (Å²) in [4.78, 5) is 24.8. The SMILES string of the molecule is CC(C)(C)OC1=CC(=O)N([C@@H]2c3cc([N+](=O)[O-])ccc3OC(C)(C)[C@H]2O)C1. The van der Waals surface area contributed by atoms with Crippen molar-refractivity contribution in [1.29, 1.82) is 0 Å². The second-order valence-corrected chi connectivity index (χ2v) is 8.37. The lowest BCUT2D eigenvalue weighted by molar-refractivity contribution is -0.385. The van der Waals surface area contributed by atoms with Crippen LogP contribution in [-0.4, -0.2) is 44.7 Å². The van der Waals surface area contributed by atoms with Gasteiger partial charge in [0.15, 0.2) is 0 Å². The van der Waals surface area contributed by atoms with Gasteiger partial charge in [-0.2, -0.15) is 0 Å². The Bertz CT molecular complexity index is 824. The highest BCUT2D eigenvalue weighted by Crippen LogP contribution is 2.45. The summed E-state index contributed by atoms with van der Waals surface area (Å²) >= 11 is 0. The van der Waals surface area contributed by atoms with Crippen LogP contribution < -0.4 is 4.74 Å². The molecular weight excluding hydrogens is 352 g/mol. The van der Waals surface area contributed by atoms with E-state index >= 15 is 0 Å². The molecule has 1 aromatic carbocycles. The van der Waals surface area contributed by atoms with Gasteiger partial charge >= 0.3 is 0 Å². The molecule has 1 amide bonds. The molecule has 146 valence electrons. The number of ether oxygens (including phenoxy) is 2. The Balaban J connectivity index is 2.01. The lowest BCUT2D eigenvalue weighted by Gasteiger charge is -2.45. The Labute approximate surface area is 157 Å². The number of fused-ring (bicyclic) bond motifs is 1. The van der Waals surface area contributed by atoms with Gasteiger partial charge in [-0.3, -0.25) is 14.9 Å². The van der Waals surface area contributed by atoms with Crippen molar-refractivity contribution in [3.8, 4) is 5.75 Å². The lowest BCUT2D eigenvalue weighted by atomic mass is 9.85. The molecule has 2 aliphatic rings. The largest absolute Gasteiger partial charge is 0.490 e. The average molecular weight is 376 g/mol. The van der Waals surface area contributed by atoms with Crippen LogP contribution in [0.1, 0.15) is 46.2 Å². The maximum Gasteiger partial charge on any atom is 0.270 e. The van der Waals surface area contributed by atoms with Gasteiger partial charge in [-0.05, 0) is 40.7 Å². The van der Waals surface area contributed by atoms with Crippen LogP contribution in [0.25, 0.3) is 0 Å². The van der Waals surface area contributed by atoms with E-state index in [-0.39, 0.29) is 18.1 Å². The minimum Gasteiger partial charge on any atom is -0.490 e. The normalized spacial score (nSPS) is 24.1. The molecule has 8 heteroatoms. The number of non-ortho nitro benzene ring substituents is 1. The van der Waals surface area contributed by atoms with E-state index in [4.69, 9.17) is 9.47 Å². The van der Waals surface area contributed by atoms with Crippen LogP contribution in [0.5, 0.6) is 5.75 Å². The third-order valence-corrected chi connectivity index (χ3v) is 4.57. The predicted molar refractivity (Wildman–Crippen MR) is 97.2 cm³/mol. The van der Waals surface area contributed by atoms with Crippen LogP contribution in [-0.2, 0) is 9.53 Å². The Hall–Kier alpha value is -2.61. The zero-order valence-electron chi connectivity index (χ0n) is 16.1. The van der Waals surface area contributed by atoms with Crippen LogP contribution in [0.15, 0.2) is 30.0 Å². The average Bonchev–Trinajstić information content (AvgIpc) is 2.85. The van der Waals surface area contributed by atoms with E-state index in [0.717, 1.165) is 0 Å². The fourth-order valence-electron chi connectivity index (χ4n) is 3.41. The highest BCUT2D eigenvalue weighted by atomic mass is 16.6. The van der Waals surface area contributed by atoms with Crippen LogP contribution in [0.3, 0.4) is 0 Å². The molecule has 1 aromatic rings. The number of rotatable bonds is 3. The first-order valence-electron chi connectivity index (χ1n) is 8.75. The number of amides is 1. The fraction of sp³-hybridized carbons (Fsp3) is 0.526. The minimum atomic E-state index is -1.07. The van der Waals surface area contributed by atoms with Gasteiger partial charge in [-0.25, -0.2) is 0 Å². The van der Waals surface area contributed by atoms with Crippen molar-refractivity contribution in [2.45, 2.75) is 58.0 Å². The van der Waals surface area contributed by atoms with Crippen molar-refractivity contribution in [2.75, 3.05) is 6.54 Å². The summed E-state index contributed by atoms with van der Waals surface area (Å²) in [5.74, 6) is 0.600. The van der Waals surface area contributed by atoms with E-state index in [2.05, 4.69) is 0 Å². The van der Waals surface area contributed by atoms with Crippen molar-refractivity contribution in [3.05, 3.63) is 45.7 Å². The van der Waals surface area contributed by atoms with E-state index < -0.39 is 28.3 Å². The second-order valence-electron chi connectivity index (χ2n) is 8.37. The van der Waals surface area contributed by atoms with Gasteiger partial charge in [0.05, 0.1) is 17.5 Å². The van der Waals surface area contributed by atoms with Crippen molar-refractivity contribution in [2.24, 2.45) is 0 Å². The quantitative estimate of drug-likeness (QED) is 0.643. The third-order valence-electron chi connectivity index (χ3n) is 4.57. The monoisotopic (exact) mass is 376 g/mol. The van der Waals surface area contributed by atoms with E-state index in [9.17, 15) is 20.0 Å². The summed E-state index contributed by atoms with van der Waals surface area (Å²) in [7, 11) is 0. The zero-order valence-corrected chi connectivity index (χ0v) is 16.1. The van der Waals surface area contributed by atoms with Crippen molar-refractivity contribution in [1.82, 2.24) is 4.90 Å². The molecule has 0 unspecified atom stereocenters. The summed E-state index contributed by atoms with van der Waals surface area (Å²) in [5.41, 5.74) is -1.15.